The maximum atomic E-state index is 12.8. The number of benzene rings is 2. The molecule has 2 aromatic carbocycles. The van der Waals surface area contributed by atoms with Crippen LogP contribution in [0.2, 0.25) is 0 Å². The van der Waals surface area contributed by atoms with E-state index < -0.39 is 5.41 Å². The summed E-state index contributed by atoms with van der Waals surface area (Å²) in [5, 5.41) is 5.97. The van der Waals surface area contributed by atoms with Crippen molar-refractivity contribution in [1.29, 1.82) is 0 Å². The topological polar surface area (TPSA) is 32.7 Å². The van der Waals surface area contributed by atoms with Gasteiger partial charge in [0.1, 0.15) is 5.41 Å². The number of carbonyl (C=O) groups excluding carboxylic acids is 1. The molecule has 20 heavy (non-hydrogen) atoms. The summed E-state index contributed by atoms with van der Waals surface area (Å²) in [7, 11) is 0. The van der Waals surface area contributed by atoms with E-state index in [0.29, 0.717) is 0 Å². The van der Waals surface area contributed by atoms with E-state index in [2.05, 4.69) is 5.10 Å². The molecular formula is C17H16N2O. The third kappa shape index (κ3) is 1.74. The number of amides is 1. The van der Waals surface area contributed by atoms with Gasteiger partial charge in [0.15, 0.2) is 0 Å². The zero-order chi connectivity index (χ0) is 14.2. The molecule has 3 heteroatoms. The Bertz CT molecular complexity index is 664. The van der Waals surface area contributed by atoms with Gasteiger partial charge in [-0.2, -0.15) is 10.1 Å². The van der Waals surface area contributed by atoms with Crippen LogP contribution < -0.4 is 5.01 Å². The van der Waals surface area contributed by atoms with Crippen LogP contribution in [0.5, 0.6) is 0 Å². The lowest BCUT2D eigenvalue weighted by atomic mass is 9.78. The van der Waals surface area contributed by atoms with E-state index in [1.165, 1.54) is 5.01 Å². The smallest absolute Gasteiger partial charge is 0.263 e. The molecule has 1 atom stereocenters. The number of hydrazone groups is 1. The molecule has 0 saturated heterocycles. The average Bonchev–Trinajstić information content (AvgIpc) is 2.74. The van der Waals surface area contributed by atoms with E-state index in [1.807, 2.05) is 74.5 Å². The fraction of sp³-hybridized carbons (Fsp3) is 0.176. The van der Waals surface area contributed by atoms with Crippen molar-refractivity contribution in [2.45, 2.75) is 19.3 Å². The first kappa shape index (κ1) is 12.6. The van der Waals surface area contributed by atoms with Crippen molar-refractivity contribution >= 4 is 17.3 Å². The number of rotatable bonds is 2. The predicted octanol–water partition coefficient (Wildman–Crippen LogP) is 3.37. The molecule has 2 aromatic rings. The fourth-order valence-electron chi connectivity index (χ4n) is 2.51. The third-order valence-electron chi connectivity index (χ3n) is 3.95. The minimum Gasteiger partial charge on any atom is -0.271 e. The molecule has 1 aliphatic heterocycles. The van der Waals surface area contributed by atoms with Gasteiger partial charge in [0, 0.05) is 0 Å². The molecule has 3 rings (SSSR count). The van der Waals surface area contributed by atoms with Gasteiger partial charge >= 0.3 is 0 Å². The molecule has 1 aliphatic rings. The van der Waals surface area contributed by atoms with Crippen LogP contribution in [0.25, 0.3) is 0 Å². The molecule has 100 valence electrons. The second kappa shape index (κ2) is 4.60. The minimum absolute atomic E-state index is 0.00704. The van der Waals surface area contributed by atoms with Gasteiger partial charge in [0.2, 0.25) is 0 Å². The van der Waals surface area contributed by atoms with E-state index >= 15 is 0 Å². The monoisotopic (exact) mass is 264 g/mol. The van der Waals surface area contributed by atoms with Crippen molar-refractivity contribution in [3.63, 3.8) is 0 Å². The van der Waals surface area contributed by atoms with Gasteiger partial charge in [0.25, 0.3) is 5.91 Å². The van der Waals surface area contributed by atoms with Crippen LogP contribution in [0.15, 0.2) is 65.8 Å². The molecular weight excluding hydrogens is 248 g/mol. The Hall–Kier alpha value is -2.42. The Morgan fingerprint density at radius 3 is 2.10 bits per heavy atom. The van der Waals surface area contributed by atoms with Gasteiger partial charge in [-0.1, -0.05) is 48.5 Å². The number of hydrogen-bond donors (Lipinski definition) is 0. The van der Waals surface area contributed by atoms with E-state index in [1.54, 1.807) is 0 Å². The predicted molar refractivity (Wildman–Crippen MR) is 80.8 cm³/mol. The molecule has 1 amide bonds. The molecule has 0 bridgehead atoms. The summed E-state index contributed by atoms with van der Waals surface area (Å²) in [6, 6.07) is 19.3. The second-order valence-corrected chi connectivity index (χ2v) is 5.13. The molecule has 0 fully saturated rings. The number of para-hydroxylation sites is 1. The molecule has 0 aliphatic carbocycles. The van der Waals surface area contributed by atoms with E-state index in [-0.39, 0.29) is 5.91 Å². The van der Waals surface area contributed by atoms with Crippen molar-refractivity contribution in [2.24, 2.45) is 5.10 Å². The Kier molecular flexibility index (Phi) is 2.90. The van der Waals surface area contributed by atoms with Crippen molar-refractivity contribution in [3.8, 4) is 0 Å². The highest BCUT2D eigenvalue weighted by molar-refractivity contribution is 6.22. The van der Waals surface area contributed by atoms with Crippen molar-refractivity contribution in [2.75, 3.05) is 5.01 Å². The lowest BCUT2D eigenvalue weighted by Crippen LogP contribution is -2.40. The number of nitrogens with zero attached hydrogens (tertiary/aromatic N) is 2. The lowest BCUT2D eigenvalue weighted by molar-refractivity contribution is -0.120. The normalized spacial score (nSPS) is 22.0. The highest BCUT2D eigenvalue weighted by Crippen LogP contribution is 2.35. The van der Waals surface area contributed by atoms with Crippen molar-refractivity contribution in [3.05, 3.63) is 66.2 Å². The third-order valence-corrected chi connectivity index (χ3v) is 3.95. The van der Waals surface area contributed by atoms with Gasteiger partial charge in [0.05, 0.1) is 11.4 Å². The van der Waals surface area contributed by atoms with Crippen LogP contribution in [-0.2, 0) is 10.2 Å². The molecule has 0 radical (unpaired) electrons. The summed E-state index contributed by atoms with van der Waals surface area (Å²) in [6.07, 6.45) is 0. The molecule has 0 N–H and O–H groups in total. The van der Waals surface area contributed by atoms with Crippen LogP contribution in [0.4, 0.5) is 5.69 Å². The van der Waals surface area contributed by atoms with E-state index in [9.17, 15) is 4.79 Å². The van der Waals surface area contributed by atoms with Crippen LogP contribution in [0, 0.1) is 0 Å². The highest BCUT2D eigenvalue weighted by atomic mass is 16.2. The summed E-state index contributed by atoms with van der Waals surface area (Å²) in [6.45, 7) is 3.85. The van der Waals surface area contributed by atoms with Crippen molar-refractivity contribution in [1.82, 2.24) is 0 Å². The maximum Gasteiger partial charge on any atom is 0.263 e. The largest absolute Gasteiger partial charge is 0.271 e. The Morgan fingerprint density at radius 1 is 0.950 bits per heavy atom. The molecule has 3 nitrogen and oxygen atoms in total. The van der Waals surface area contributed by atoms with E-state index in [0.717, 1.165) is 17.0 Å². The van der Waals surface area contributed by atoms with Crippen LogP contribution in [-0.4, -0.2) is 11.6 Å². The summed E-state index contributed by atoms with van der Waals surface area (Å²) in [5.41, 5.74) is 1.91. The number of hydrogen-bond acceptors (Lipinski definition) is 2. The number of carbonyl (C=O) groups is 1. The minimum atomic E-state index is -0.683. The summed E-state index contributed by atoms with van der Waals surface area (Å²) < 4.78 is 0. The zero-order valence-electron chi connectivity index (χ0n) is 11.6. The molecule has 1 unspecified atom stereocenters. The highest BCUT2D eigenvalue weighted by Gasteiger charge is 2.46. The second-order valence-electron chi connectivity index (χ2n) is 5.13. The first-order chi connectivity index (χ1) is 9.64. The Balaban J connectivity index is 2.05. The number of anilines is 1. The Labute approximate surface area is 118 Å². The van der Waals surface area contributed by atoms with Crippen molar-refractivity contribution < 1.29 is 4.79 Å². The Morgan fingerprint density at radius 2 is 1.50 bits per heavy atom. The molecule has 0 aromatic heterocycles. The zero-order valence-corrected chi connectivity index (χ0v) is 11.6. The van der Waals surface area contributed by atoms with Crippen LogP contribution in [0.1, 0.15) is 19.4 Å². The van der Waals surface area contributed by atoms with Crippen LogP contribution in [0.3, 0.4) is 0 Å². The fourth-order valence-corrected chi connectivity index (χ4v) is 2.51. The maximum absolute atomic E-state index is 12.8. The van der Waals surface area contributed by atoms with Gasteiger partial charge in [-0.3, -0.25) is 4.79 Å². The summed E-state index contributed by atoms with van der Waals surface area (Å²) >= 11 is 0. The van der Waals surface area contributed by atoms with Gasteiger partial charge in [-0.05, 0) is 31.5 Å². The standard InChI is InChI=1S/C17H16N2O/c1-13-17(2,14-9-5-3-6-10-14)16(20)19(18-13)15-11-7-4-8-12-15/h3-12H,1-2H3. The molecule has 1 heterocycles. The molecule has 0 saturated carbocycles. The summed E-state index contributed by atoms with van der Waals surface area (Å²) in [5.74, 6) is -0.00704. The first-order valence-electron chi connectivity index (χ1n) is 6.65. The van der Waals surface area contributed by atoms with Crippen LogP contribution >= 0.6 is 0 Å². The average molecular weight is 264 g/mol. The lowest BCUT2D eigenvalue weighted by Gasteiger charge is -2.24. The SMILES string of the molecule is CC1=NN(c2ccccc2)C(=O)C1(C)c1ccccc1. The quantitative estimate of drug-likeness (QED) is 0.818. The van der Waals surface area contributed by atoms with Gasteiger partial charge < -0.3 is 0 Å². The summed E-state index contributed by atoms with van der Waals surface area (Å²) in [4.78, 5) is 12.8. The van der Waals surface area contributed by atoms with E-state index in [4.69, 9.17) is 0 Å². The first-order valence-corrected chi connectivity index (χ1v) is 6.65. The van der Waals surface area contributed by atoms with Gasteiger partial charge in [-0.15, -0.1) is 0 Å². The molecule has 0 spiro atoms. The van der Waals surface area contributed by atoms with Gasteiger partial charge in [-0.25, -0.2) is 0 Å².